The highest BCUT2D eigenvalue weighted by molar-refractivity contribution is 7.09. The van der Waals surface area contributed by atoms with Crippen molar-refractivity contribution in [1.29, 1.82) is 0 Å². The average Bonchev–Trinajstić information content (AvgIpc) is 3.16. The molecule has 0 unspecified atom stereocenters. The summed E-state index contributed by atoms with van der Waals surface area (Å²) in [5, 5.41) is 22.9. The third-order valence-corrected chi connectivity index (χ3v) is 3.68. The van der Waals surface area contributed by atoms with E-state index in [9.17, 15) is 4.79 Å². The highest BCUT2D eigenvalue weighted by atomic mass is 32.1. The second kappa shape index (κ2) is 5.94. The maximum absolute atomic E-state index is 12.5. The van der Waals surface area contributed by atoms with Gasteiger partial charge in [-0.15, -0.1) is 16.4 Å². The molecule has 0 aliphatic heterocycles. The molecule has 0 saturated heterocycles. The van der Waals surface area contributed by atoms with E-state index < -0.39 is 0 Å². The van der Waals surface area contributed by atoms with Crippen molar-refractivity contribution in [3.8, 4) is 0 Å². The Bertz CT molecular complexity index is 741. The summed E-state index contributed by atoms with van der Waals surface area (Å²) in [5.41, 5.74) is 0.973. The average molecular weight is 304 g/mol. The highest BCUT2D eigenvalue weighted by Crippen LogP contribution is 2.12. The van der Waals surface area contributed by atoms with Crippen molar-refractivity contribution < 1.29 is 9.90 Å². The van der Waals surface area contributed by atoms with Gasteiger partial charge in [-0.05, 0) is 22.6 Å². The number of hydrogen-bond donors (Lipinski definition) is 1. The minimum Gasteiger partial charge on any atom is -0.395 e. The Morgan fingerprint density at radius 2 is 2.38 bits per heavy atom. The molecule has 0 atom stereocenters. The number of carbonyl (C=O) groups is 1. The Hall–Kier alpha value is -2.39. The normalized spacial score (nSPS) is 10.9. The van der Waals surface area contributed by atoms with Crippen LogP contribution in [0.4, 0.5) is 0 Å². The van der Waals surface area contributed by atoms with Crippen LogP contribution < -0.4 is 0 Å². The number of pyridine rings is 1. The molecule has 0 bridgehead atoms. The van der Waals surface area contributed by atoms with Crippen molar-refractivity contribution in [2.24, 2.45) is 0 Å². The number of fused-ring (bicyclic) bond motifs is 1. The van der Waals surface area contributed by atoms with Crippen molar-refractivity contribution in [1.82, 2.24) is 29.9 Å². The van der Waals surface area contributed by atoms with Crippen LogP contribution >= 0.6 is 11.3 Å². The summed E-state index contributed by atoms with van der Waals surface area (Å²) in [6.45, 7) is 0.508. The van der Waals surface area contributed by atoms with Crippen LogP contribution in [-0.2, 0) is 6.54 Å². The number of thiazole rings is 1. The van der Waals surface area contributed by atoms with Gasteiger partial charge in [0.05, 0.1) is 13.2 Å². The molecule has 1 amide bonds. The maximum Gasteiger partial charge on any atom is 0.254 e. The van der Waals surface area contributed by atoms with Gasteiger partial charge in [-0.25, -0.2) is 9.50 Å². The molecule has 3 rings (SSSR count). The van der Waals surface area contributed by atoms with Gasteiger partial charge in [-0.2, -0.15) is 0 Å². The molecule has 0 aliphatic rings. The first kappa shape index (κ1) is 13.6. The summed E-state index contributed by atoms with van der Waals surface area (Å²) >= 11 is 1.47. The number of nitrogens with zero attached hydrogens (tertiary/aromatic N) is 6. The SMILES string of the molecule is O=C(c1ccn2nnnc2c1)N(CCO)Cc1nccs1. The third-order valence-electron chi connectivity index (χ3n) is 2.91. The van der Waals surface area contributed by atoms with E-state index in [1.165, 1.54) is 15.9 Å². The predicted octanol–water partition coefficient (Wildman–Crippen LogP) is 0.215. The number of hydrogen-bond acceptors (Lipinski definition) is 7. The van der Waals surface area contributed by atoms with Gasteiger partial charge in [0, 0.05) is 29.9 Å². The molecule has 0 aromatic carbocycles. The lowest BCUT2D eigenvalue weighted by atomic mass is 10.2. The van der Waals surface area contributed by atoms with Crippen LogP contribution in [0.15, 0.2) is 29.9 Å². The number of carbonyl (C=O) groups excluding carboxylic acids is 1. The summed E-state index contributed by atoms with van der Waals surface area (Å²) in [7, 11) is 0. The molecule has 0 saturated carbocycles. The van der Waals surface area contributed by atoms with Gasteiger partial charge in [0.2, 0.25) is 0 Å². The first-order chi connectivity index (χ1) is 10.3. The smallest absolute Gasteiger partial charge is 0.254 e. The summed E-state index contributed by atoms with van der Waals surface area (Å²) in [6.07, 6.45) is 3.32. The molecular formula is C12H12N6O2S. The zero-order valence-corrected chi connectivity index (χ0v) is 11.8. The van der Waals surface area contributed by atoms with Gasteiger partial charge in [-0.3, -0.25) is 4.79 Å². The van der Waals surface area contributed by atoms with Gasteiger partial charge >= 0.3 is 0 Å². The minimum atomic E-state index is -0.190. The molecule has 0 radical (unpaired) electrons. The molecule has 9 heteroatoms. The third kappa shape index (κ3) is 2.88. The van der Waals surface area contributed by atoms with E-state index in [2.05, 4.69) is 20.5 Å². The van der Waals surface area contributed by atoms with Crippen LogP contribution in [-0.4, -0.2) is 54.1 Å². The quantitative estimate of drug-likeness (QED) is 0.724. The monoisotopic (exact) mass is 304 g/mol. The van der Waals surface area contributed by atoms with Gasteiger partial charge in [0.15, 0.2) is 5.65 Å². The molecule has 3 aromatic rings. The van der Waals surface area contributed by atoms with E-state index >= 15 is 0 Å². The lowest BCUT2D eigenvalue weighted by Crippen LogP contribution is -2.33. The fourth-order valence-electron chi connectivity index (χ4n) is 1.92. The van der Waals surface area contributed by atoms with Crippen LogP contribution in [0.2, 0.25) is 0 Å². The molecule has 3 heterocycles. The standard InChI is InChI=1S/C12H12N6O2S/c19-5-4-17(8-11-13-2-6-21-11)12(20)9-1-3-18-10(7-9)14-15-16-18/h1-3,6-7,19H,4-5,8H2. The summed E-state index contributed by atoms with van der Waals surface area (Å²) < 4.78 is 1.48. The molecule has 0 spiro atoms. The van der Waals surface area contributed by atoms with E-state index in [0.717, 1.165) is 5.01 Å². The topological polar surface area (TPSA) is 96.5 Å². The fraction of sp³-hybridized carbons (Fsp3) is 0.250. The minimum absolute atomic E-state index is 0.105. The molecule has 1 N–H and O–H groups in total. The molecule has 0 aliphatic carbocycles. The van der Waals surface area contributed by atoms with Crippen LogP contribution in [0.1, 0.15) is 15.4 Å². The largest absolute Gasteiger partial charge is 0.395 e. The summed E-state index contributed by atoms with van der Waals surface area (Å²) in [6, 6.07) is 3.27. The van der Waals surface area contributed by atoms with Gasteiger partial charge in [0.1, 0.15) is 5.01 Å². The van der Waals surface area contributed by atoms with E-state index in [1.807, 2.05) is 5.38 Å². The van der Waals surface area contributed by atoms with Crippen molar-refractivity contribution >= 4 is 22.9 Å². The molecular weight excluding hydrogens is 292 g/mol. The van der Waals surface area contributed by atoms with E-state index in [0.29, 0.717) is 17.8 Å². The summed E-state index contributed by atoms with van der Waals surface area (Å²) in [5.74, 6) is -0.190. The molecule has 8 nitrogen and oxygen atoms in total. The number of amides is 1. The molecule has 0 fully saturated rings. The fourth-order valence-corrected chi connectivity index (χ4v) is 2.55. The zero-order chi connectivity index (χ0) is 14.7. The number of rotatable bonds is 5. The lowest BCUT2D eigenvalue weighted by molar-refractivity contribution is 0.0707. The van der Waals surface area contributed by atoms with Crippen molar-refractivity contribution in [2.45, 2.75) is 6.54 Å². The Morgan fingerprint density at radius 1 is 1.48 bits per heavy atom. The number of aromatic nitrogens is 5. The highest BCUT2D eigenvalue weighted by Gasteiger charge is 2.17. The second-order valence-corrected chi connectivity index (χ2v) is 5.25. The maximum atomic E-state index is 12.5. The van der Waals surface area contributed by atoms with E-state index in [1.54, 1.807) is 29.4 Å². The second-order valence-electron chi connectivity index (χ2n) is 4.27. The predicted molar refractivity (Wildman–Crippen MR) is 74.7 cm³/mol. The van der Waals surface area contributed by atoms with Crippen LogP contribution in [0.3, 0.4) is 0 Å². The summed E-state index contributed by atoms with van der Waals surface area (Å²) in [4.78, 5) is 18.3. The van der Waals surface area contributed by atoms with Crippen molar-refractivity contribution in [2.75, 3.05) is 13.2 Å². The molecule has 3 aromatic heterocycles. The Kier molecular flexibility index (Phi) is 3.84. The van der Waals surface area contributed by atoms with E-state index in [-0.39, 0.29) is 19.1 Å². The van der Waals surface area contributed by atoms with E-state index in [4.69, 9.17) is 5.11 Å². The molecule has 21 heavy (non-hydrogen) atoms. The molecule has 108 valence electrons. The van der Waals surface area contributed by atoms with Crippen LogP contribution in [0, 0.1) is 0 Å². The Balaban J connectivity index is 1.85. The Morgan fingerprint density at radius 3 is 3.14 bits per heavy atom. The Labute approximate surface area is 123 Å². The van der Waals surface area contributed by atoms with Crippen LogP contribution in [0.5, 0.6) is 0 Å². The van der Waals surface area contributed by atoms with Gasteiger partial charge in [0.25, 0.3) is 5.91 Å². The van der Waals surface area contributed by atoms with Gasteiger partial charge < -0.3 is 10.0 Å². The van der Waals surface area contributed by atoms with Crippen molar-refractivity contribution in [3.63, 3.8) is 0 Å². The first-order valence-corrected chi connectivity index (χ1v) is 7.12. The van der Waals surface area contributed by atoms with Crippen molar-refractivity contribution in [3.05, 3.63) is 40.5 Å². The number of aliphatic hydroxyl groups is 1. The number of aliphatic hydroxyl groups excluding tert-OH is 1. The lowest BCUT2D eigenvalue weighted by Gasteiger charge is -2.20. The van der Waals surface area contributed by atoms with Gasteiger partial charge in [-0.1, -0.05) is 0 Å². The first-order valence-electron chi connectivity index (χ1n) is 6.24. The zero-order valence-electron chi connectivity index (χ0n) is 11.0. The van der Waals surface area contributed by atoms with Crippen LogP contribution in [0.25, 0.3) is 5.65 Å². The number of tetrazole rings is 1.